The molecule has 0 aromatic heterocycles. The van der Waals surface area contributed by atoms with Crippen LogP contribution in [0.25, 0.3) is 0 Å². The summed E-state index contributed by atoms with van der Waals surface area (Å²) in [5.74, 6) is 0.188. The van der Waals surface area contributed by atoms with Crippen LogP contribution in [-0.4, -0.2) is 30.5 Å². The lowest BCUT2D eigenvalue weighted by molar-refractivity contribution is -0.125. The van der Waals surface area contributed by atoms with E-state index in [0.717, 1.165) is 30.4 Å². The zero-order valence-electron chi connectivity index (χ0n) is 11.5. The molecular weight excluding hydrogens is 274 g/mol. The summed E-state index contributed by atoms with van der Waals surface area (Å²) in [5, 5.41) is 2.80. The minimum absolute atomic E-state index is 0.0489. The summed E-state index contributed by atoms with van der Waals surface area (Å²) in [6.07, 6.45) is 3.07. The molecule has 1 aromatic carbocycles. The van der Waals surface area contributed by atoms with Crippen LogP contribution >= 0.6 is 11.8 Å². The van der Waals surface area contributed by atoms with Gasteiger partial charge in [-0.2, -0.15) is 0 Å². The molecule has 1 aromatic rings. The zero-order chi connectivity index (χ0) is 14.4. The maximum Gasteiger partial charge on any atom is 0.221 e. The van der Waals surface area contributed by atoms with E-state index in [1.54, 1.807) is 6.26 Å². The summed E-state index contributed by atoms with van der Waals surface area (Å²) < 4.78 is 5.27. The maximum atomic E-state index is 12.1. The molecule has 0 radical (unpaired) electrons. The lowest BCUT2D eigenvalue weighted by Crippen LogP contribution is -2.33. The molecule has 1 saturated heterocycles. The number of hydrogen-bond acceptors (Lipinski definition) is 4. The van der Waals surface area contributed by atoms with Gasteiger partial charge in [-0.05, 0) is 24.2 Å². The minimum Gasteiger partial charge on any atom is -0.381 e. The second-order valence-electron chi connectivity index (χ2n) is 4.87. The van der Waals surface area contributed by atoms with Gasteiger partial charge in [-0.1, -0.05) is 42.1 Å². The number of ether oxygens (including phenoxy) is 1. The van der Waals surface area contributed by atoms with E-state index in [4.69, 9.17) is 4.74 Å². The van der Waals surface area contributed by atoms with Crippen LogP contribution in [0.4, 0.5) is 0 Å². The molecule has 4 nitrogen and oxygen atoms in total. The standard InChI is InChI=1S/C15H19NO3S/c1-20-15(18)14(12-5-3-2-4-6-12)16-13(17)9-11-7-8-19-10-11/h2-6,11,14H,7-10H2,1H3,(H,16,17). The average molecular weight is 293 g/mol. The third-order valence-electron chi connectivity index (χ3n) is 3.37. The van der Waals surface area contributed by atoms with E-state index in [0.29, 0.717) is 13.0 Å². The first-order valence-corrected chi connectivity index (χ1v) is 7.93. The molecule has 1 heterocycles. The fraction of sp³-hybridized carbons (Fsp3) is 0.467. The highest BCUT2D eigenvalue weighted by Gasteiger charge is 2.24. The van der Waals surface area contributed by atoms with Crippen molar-refractivity contribution in [1.29, 1.82) is 0 Å². The van der Waals surface area contributed by atoms with Crippen LogP contribution in [0.1, 0.15) is 24.4 Å². The summed E-state index contributed by atoms with van der Waals surface area (Å²) in [5.41, 5.74) is 0.822. The van der Waals surface area contributed by atoms with Gasteiger partial charge in [0, 0.05) is 19.6 Å². The summed E-state index contributed by atoms with van der Waals surface area (Å²) in [7, 11) is 0. The van der Waals surface area contributed by atoms with Crippen LogP contribution in [0.15, 0.2) is 30.3 Å². The molecule has 1 amide bonds. The summed E-state index contributed by atoms with van der Waals surface area (Å²) >= 11 is 1.13. The van der Waals surface area contributed by atoms with Crippen LogP contribution < -0.4 is 5.32 Å². The molecule has 0 aliphatic carbocycles. The second kappa shape index (κ2) is 7.45. The molecule has 5 heteroatoms. The highest BCUT2D eigenvalue weighted by Crippen LogP contribution is 2.21. The Labute approximate surface area is 123 Å². The first kappa shape index (κ1) is 15.1. The van der Waals surface area contributed by atoms with Gasteiger partial charge < -0.3 is 10.1 Å². The Bertz CT molecular complexity index is 457. The van der Waals surface area contributed by atoms with E-state index < -0.39 is 6.04 Å². The van der Waals surface area contributed by atoms with Crippen molar-refractivity contribution in [3.8, 4) is 0 Å². The molecule has 0 spiro atoms. The summed E-state index contributed by atoms with van der Waals surface area (Å²) in [6, 6.07) is 8.78. The van der Waals surface area contributed by atoms with Gasteiger partial charge in [0.2, 0.25) is 11.0 Å². The molecule has 0 saturated carbocycles. The van der Waals surface area contributed by atoms with E-state index in [1.807, 2.05) is 30.3 Å². The lowest BCUT2D eigenvalue weighted by Gasteiger charge is -2.18. The molecule has 1 aliphatic rings. The minimum atomic E-state index is -0.568. The molecule has 1 fully saturated rings. The Balaban J connectivity index is 2.00. The molecule has 1 N–H and O–H groups in total. The molecule has 0 bridgehead atoms. The first-order chi connectivity index (χ1) is 9.70. The molecule has 2 unspecified atom stereocenters. The van der Waals surface area contributed by atoms with Gasteiger partial charge in [-0.25, -0.2) is 0 Å². The van der Waals surface area contributed by atoms with Crippen LogP contribution in [0.3, 0.4) is 0 Å². The molecule has 2 rings (SSSR count). The van der Waals surface area contributed by atoms with Gasteiger partial charge >= 0.3 is 0 Å². The van der Waals surface area contributed by atoms with Gasteiger partial charge in [0.1, 0.15) is 6.04 Å². The van der Waals surface area contributed by atoms with E-state index >= 15 is 0 Å². The van der Waals surface area contributed by atoms with Gasteiger partial charge in [0.05, 0.1) is 0 Å². The SMILES string of the molecule is CSC(=O)C(NC(=O)CC1CCOC1)c1ccccc1. The van der Waals surface area contributed by atoms with E-state index in [2.05, 4.69) is 5.32 Å². The van der Waals surface area contributed by atoms with Gasteiger partial charge in [0.15, 0.2) is 0 Å². The van der Waals surface area contributed by atoms with Crippen LogP contribution in [0.5, 0.6) is 0 Å². The van der Waals surface area contributed by atoms with Crippen molar-refractivity contribution in [3.05, 3.63) is 35.9 Å². The Kier molecular flexibility index (Phi) is 5.61. The number of hydrogen-bond donors (Lipinski definition) is 1. The number of nitrogens with one attached hydrogen (secondary N) is 1. The first-order valence-electron chi connectivity index (χ1n) is 6.70. The predicted molar refractivity (Wildman–Crippen MR) is 79.4 cm³/mol. The highest BCUT2D eigenvalue weighted by molar-refractivity contribution is 8.13. The number of benzene rings is 1. The van der Waals surface area contributed by atoms with Gasteiger partial charge in [0.25, 0.3) is 0 Å². The number of amides is 1. The third kappa shape index (κ3) is 4.08. The van der Waals surface area contributed by atoms with Crippen molar-refractivity contribution in [2.45, 2.75) is 18.9 Å². The van der Waals surface area contributed by atoms with Crippen molar-refractivity contribution in [2.75, 3.05) is 19.5 Å². The van der Waals surface area contributed by atoms with Gasteiger partial charge in [-0.15, -0.1) is 0 Å². The smallest absolute Gasteiger partial charge is 0.221 e. The Morgan fingerprint density at radius 3 is 2.75 bits per heavy atom. The second-order valence-corrected chi connectivity index (χ2v) is 5.68. The molecule has 20 heavy (non-hydrogen) atoms. The van der Waals surface area contributed by atoms with Crippen molar-refractivity contribution in [1.82, 2.24) is 5.32 Å². The van der Waals surface area contributed by atoms with Crippen molar-refractivity contribution >= 4 is 22.8 Å². The Hall–Kier alpha value is -1.33. The zero-order valence-corrected chi connectivity index (χ0v) is 12.3. The quantitative estimate of drug-likeness (QED) is 0.904. The monoisotopic (exact) mass is 293 g/mol. The van der Waals surface area contributed by atoms with E-state index in [9.17, 15) is 9.59 Å². The van der Waals surface area contributed by atoms with Crippen LogP contribution in [0, 0.1) is 5.92 Å². The van der Waals surface area contributed by atoms with Crippen molar-refractivity contribution < 1.29 is 14.3 Å². The summed E-state index contributed by atoms with van der Waals surface area (Å²) in [6.45, 7) is 1.36. The average Bonchev–Trinajstić information content (AvgIpc) is 2.97. The number of rotatable bonds is 5. The third-order valence-corrected chi connectivity index (χ3v) is 4.01. The molecule has 1 aliphatic heterocycles. The maximum absolute atomic E-state index is 12.1. The normalized spacial score (nSPS) is 19.6. The lowest BCUT2D eigenvalue weighted by atomic mass is 10.0. The largest absolute Gasteiger partial charge is 0.381 e. The fourth-order valence-corrected chi connectivity index (χ4v) is 2.70. The van der Waals surface area contributed by atoms with Crippen molar-refractivity contribution in [3.63, 3.8) is 0 Å². The van der Waals surface area contributed by atoms with E-state index in [-0.39, 0.29) is 16.9 Å². The fourth-order valence-electron chi connectivity index (χ4n) is 2.27. The molecule has 108 valence electrons. The topological polar surface area (TPSA) is 55.4 Å². The van der Waals surface area contributed by atoms with Crippen molar-refractivity contribution in [2.24, 2.45) is 5.92 Å². The Morgan fingerprint density at radius 2 is 2.15 bits per heavy atom. The van der Waals surface area contributed by atoms with Crippen LogP contribution in [-0.2, 0) is 14.3 Å². The van der Waals surface area contributed by atoms with Gasteiger partial charge in [-0.3, -0.25) is 9.59 Å². The molecule has 2 atom stereocenters. The number of thioether (sulfide) groups is 1. The highest BCUT2D eigenvalue weighted by atomic mass is 32.2. The van der Waals surface area contributed by atoms with Crippen LogP contribution in [0.2, 0.25) is 0 Å². The number of carbonyl (C=O) groups excluding carboxylic acids is 2. The number of carbonyl (C=O) groups is 2. The Morgan fingerprint density at radius 1 is 1.40 bits per heavy atom. The predicted octanol–water partition coefficient (Wildman–Crippen LogP) is 2.16. The summed E-state index contributed by atoms with van der Waals surface area (Å²) in [4.78, 5) is 24.1. The molecular formula is C15H19NO3S. The van der Waals surface area contributed by atoms with E-state index in [1.165, 1.54) is 0 Å².